The third-order valence-corrected chi connectivity index (χ3v) is 3.94. The van der Waals surface area contributed by atoms with Gasteiger partial charge >= 0.3 is 5.97 Å². The number of anilines is 3. The van der Waals surface area contributed by atoms with E-state index in [2.05, 4.69) is 35.7 Å². The largest absolute Gasteiger partial charge is 0.457 e. The summed E-state index contributed by atoms with van der Waals surface area (Å²) < 4.78 is 5.21. The van der Waals surface area contributed by atoms with Crippen LogP contribution >= 0.6 is 0 Å². The minimum Gasteiger partial charge on any atom is -0.457 e. The van der Waals surface area contributed by atoms with E-state index in [4.69, 9.17) is 4.74 Å². The first kappa shape index (κ1) is 17.5. The average molecular weight is 343 g/mol. The van der Waals surface area contributed by atoms with Gasteiger partial charge in [-0.15, -0.1) is 0 Å². The van der Waals surface area contributed by atoms with Crippen LogP contribution in [0.15, 0.2) is 97.1 Å². The van der Waals surface area contributed by atoms with Crippen LogP contribution in [0, 0.1) is 0 Å². The van der Waals surface area contributed by atoms with Gasteiger partial charge in [-0.2, -0.15) is 0 Å². The Kier molecular flexibility index (Phi) is 5.49. The lowest BCUT2D eigenvalue weighted by molar-refractivity contribution is -0.140. The fourth-order valence-electron chi connectivity index (χ4n) is 2.61. The van der Waals surface area contributed by atoms with Gasteiger partial charge in [0.1, 0.15) is 6.61 Å². The second kappa shape index (κ2) is 8.17. The molecule has 0 saturated carbocycles. The molecular weight excluding hydrogens is 322 g/mol. The summed E-state index contributed by atoms with van der Waals surface area (Å²) in [4.78, 5) is 13.7. The number of hydrogen-bond donors (Lipinski definition) is 0. The molecule has 0 fully saturated rings. The van der Waals surface area contributed by atoms with Crippen molar-refractivity contribution in [3.05, 3.63) is 103 Å². The highest BCUT2D eigenvalue weighted by Gasteiger charge is 2.11. The van der Waals surface area contributed by atoms with Crippen molar-refractivity contribution in [1.29, 1.82) is 0 Å². The number of nitrogens with zero attached hydrogens (tertiary/aromatic N) is 1. The first-order valence-corrected chi connectivity index (χ1v) is 8.47. The van der Waals surface area contributed by atoms with Gasteiger partial charge in [0.2, 0.25) is 0 Å². The quantitative estimate of drug-likeness (QED) is 0.420. The van der Waals surface area contributed by atoms with E-state index in [1.54, 1.807) is 6.92 Å². The standard InChI is InChI=1S/C23H21NO2/c1-18(2)23(25)26-17-19-13-15-22(16-14-19)24(20-9-5-3-6-10-20)21-11-7-4-8-12-21/h3-16H,1,17H2,2H3. The summed E-state index contributed by atoms with van der Waals surface area (Å²) >= 11 is 0. The Morgan fingerprint density at radius 3 is 1.73 bits per heavy atom. The van der Waals surface area contributed by atoms with E-state index in [0.29, 0.717) is 5.57 Å². The summed E-state index contributed by atoms with van der Waals surface area (Å²) in [7, 11) is 0. The molecule has 3 rings (SSSR count). The topological polar surface area (TPSA) is 29.5 Å². The average Bonchev–Trinajstić information content (AvgIpc) is 2.69. The van der Waals surface area contributed by atoms with Gasteiger partial charge in [-0.05, 0) is 48.9 Å². The number of para-hydroxylation sites is 2. The molecule has 130 valence electrons. The molecule has 3 aromatic carbocycles. The predicted molar refractivity (Wildman–Crippen MR) is 106 cm³/mol. The second-order valence-electron chi connectivity index (χ2n) is 6.03. The summed E-state index contributed by atoms with van der Waals surface area (Å²) in [6.45, 7) is 5.47. The normalized spacial score (nSPS) is 10.2. The molecule has 0 spiro atoms. The van der Waals surface area contributed by atoms with Crippen molar-refractivity contribution in [3.63, 3.8) is 0 Å². The Balaban J connectivity index is 1.86. The summed E-state index contributed by atoms with van der Waals surface area (Å²) in [6, 6.07) is 28.4. The molecule has 3 nitrogen and oxygen atoms in total. The smallest absolute Gasteiger partial charge is 0.333 e. The van der Waals surface area contributed by atoms with Crippen LogP contribution < -0.4 is 4.90 Å². The summed E-state index contributed by atoms with van der Waals surface area (Å²) in [5.74, 6) is -0.371. The molecule has 0 aliphatic rings. The number of ether oxygens (including phenoxy) is 1. The van der Waals surface area contributed by atoms with Crippen LogP contribution in [0.3, 0.4) is 0 Å². The zero-order chi connectivity index (χ0) is 18.4. The number of carbonyl (C=O) groups excluding carboxylic acids is 1. The van der Waals surface area contributed by atoms with E-state index < -0.39 is 0 Å². The summed E-state index contributed by atoms with van der Waals surface area (Å²) in [5, 5.41) is 0. The van der Waals surface area contributed by atoms with E-state index in [9.17, 15) is 4.79 Å². The number of esters is 1. The van der Waals surface area contributed by atoms with E-state index in [-0.39, 0.29) is 12.6 Å². The van der Waals surface area contributed by atoms with Crippen molar-refractivity contribution in [3.8, 4) is 0 Å². The molecule has 3 aromatic rings. The van der Waals surface area contributed by atoms with Crippen molar-refractivity contribution < 1.29 is 9.53 Å². The highest BCUT2D eigenvalue weighted by Crippen LogP contribution is 2.34. The summed E-state index contributed by atoms with van der Waals surface area (Å²) in [6.07, 6.45) is 0. The van der Waals surface area contributed by atoms with E-state index >= 15 is 0 Å². The third kappa shape index (κ3) is 4.19. The van der Waals surface area contributed by atoms with Gasteiger partial charge < -0.3 is 9.64 Å². The molecule has 0 aromatic heterocycles. The van der Waals surface area contributed by atoms with Crippen LogP contribution in [0.5, 0.6) is 0 Å². The van der Waals surface area contributed by atoms with Crippen LogP contribution in [0.1, 0.15) is 12.5 Å². The van der Waals surface area contributed by atoms with Gasteiger partial charge in [0.15, 0.2) is 0 Å². The van der Waals surface area contributed by atoms with Gasteiger partial charge in [0.25, 0.3) is 0 Å². The van der Waals surface area contributed by atoms with Crippen LogP contribution in [-0.4, -0.2) is 5.97 Å². The molecule has 0 aliphatic carbocycles. The lowest BCUT2D eigenvalue weighted by Crippen LogP contribution is -2.10. The zero-order valence-electron chi connectivity index (χ0n) is 14.8. The molecule has 3 heteroatoms. The van der Waals surface area contributed by atoms with Crippen molar-refractivity contribution in [2.75, 3.05) is 4.90 Å². The molecule has 0 bridgehead atoms. The summed E-state index contributed by atoms with van der Waals surface area (Å²) in [5.41, 5.74) is 4.54. The maximum absolute atomic E-state index is 11.5. The van der Waals surface area contributed by atoms with Gasteiger partial charge in [-0.25, -0.2) is 4.79 Å². The Morgan fingerprint density at radius 2 is 1.27 bits per heavy atom. The number of rotatable bonds is 6. The van der Waals surface area contributed by atoms with Crippen LogP contribution in [0.2, 0.25) is 0 Å². The molecule has 0 saturated heterocycles. The molecular formula is C23H21NO2. The van der Waals surface area contributed by atoms with Gasteiger partial charge in [-0.3, -0.25) is 0 Å². The minimum absolute atomic E-state index is 0.239. The molecule has 0 aliphatic heterocycles. The first-order chi connectivity index (χ1) is 12.6. The number of carbonyl (C=O) groups is 1. The van der Waals surface area contributed by atoms with Crippen LogP contribution in [0.4, 0.5) is 17.1 Å². The minimum atomic E-state index is -0.371. The maximum Gasteiger partial charge on any atom is 0.333 e. The third-order valence-electron chi connectivity index (χ3n) is 3.94. The highest BCUT2D eigenvalue weighted by molar-refractivity contribution is 5.86. The Morgan fingerprint density at radius 1 is 0.808 bits per heavy atom. The second-order valence-corrected chi connectivity index (χ2v) is 6.03. The van der Waals surface area contributed by atoms with Gasteiger partial charge in [-0.1, -0.05) is 55.1 Å². The molecule has 0 amide bonds. The van der Waals surface area contributed by atoms with Gasteiger partial charge in [0, 0.05) is 22.6 Å². The Bertz CT molecular complexity index is 832. The molecule has 26 heavy (non-hydrogen) atoms. The fourth-order valence-corrected chi connectivity index (χ4v) is 2.61. The van der Waals surface area contributed by atoms with Gasteiger partial charge in [0.05, 0.1) is 0 Å². The SMILES string of the molecule is C=C(C)C(=O)OCc1ccc(N(c2ccccc2)c2ccccc2)cc1. The lowest BCUT2D eigenvalue weighted by atomic mass is 10.1. The van der Waals surface area contributed by atoms with E-state index in [1.807, 2.05) is 60.7 Å². The van der Waals surface area contributed by atoms with Crippen molar-refractivity contribution >= 4 is 23.0 Å². The first-order valence-electron chi connectivity index (χ1n) is 8.47. The molecule has 0 N–H and O–H groups in total. The van der Waals surface area contributed by atoms with Crippen molar-refractivity contribution in [2.24, 2.45) is 0 Å². The highest BCUT2D eigenvalue weighted by atomic mass is 16.5. The zero-order valence-corrected chi connectivity index (χ0v) is 14.8. The lowest BCUT2D eigenvalue weighted by Gasteiger charge is -2.25. The van der Waals surface area contributed by atoms with Crippen LogP contribution in [0.25, 0.3) is 0 Å². The number of benzene rings is 3. The van der Waals surface area contributed by atoms with Crippen molar-refractivity contribution in [1.82, 2.24) is 0 Å². The monoisotopic (exact) mass is 343 g/mol. The maximum atomic E-state index is 11.5. The predicted octanol–water partition coefficient (Wildman–Crippen LogP) is 5.78. The molecule has 0 heterocycles. The molecule has 0 radical (unpaired) electrons. The van der Waals surface area contributed by atoms with Crippen molar-refractivity contribution in [2.45, 2.75) is 13.5 Å². The Hall–Kier alpha value is -3.33. The molecule has 0 unspecified atom stereocenters. The van der Waals surface area contributed by atoms with E-state index in [0.717, 1.165) is 22.6 Å². The Labute approximate surface area is 154 Å². The fraction of sp³-hybridized carbons (Fsp3) is 0.0870. The molecule has 0 atom stereocenters. The van der Waals surface area contributed by atoms with Crippen LogP contribution in [-0.2, 0) is 16.1 Å². The number of hydrogen-bond acceptors (Lipinski definition) is 3. The van der Waals surface area contributed by atoms with E-state index in [1.165, 1.54) is 0 Å².